The first-order valence-corrected chi connectivity index (χ1v) is 7.58. The summed E-state index contributed by atoms with van der Waals surface area (Å²) in [4.78, 5) is 22.7. The molecule has 2 rings (SSSR count). The Bertz CT molecular complexity index is 735. The molecule has 0 unspecified atom stereocenters. The maximum absolute atomic E-state index is 11.6. The zero-order valence-electron chi connectivity index (χ0n) is 13.6. The predicted octanol–water partition coefficient (Wildman–Crippen LogP) is 3.76. The molecule has 0 saturated heterocycles. The molecule has 0 heterocycles. The number of benzene rings is 2. The van der Waals surface area contributed by atoms with Crippen molar-refractivity contribution in [3.8, 4) is 5.75 Å². The number of carbonyl (C=O) groups is 2. The highest BCUT2D eigenvalue weighted by Gasteiger charge is 2.03. The van der Waals surface area contributed by atoms with E-state index in [0.29, 0.717) is 5.75 Å². The van der Waals surface area contributed by atoms with Gasteiger partial charge in [-0.3, -0.25) is 0 Å². The quantitative estimate of drug-likeness (QED) is 0.498. The van der Waals surface area contributed by atoms with E-state index in [1.54, 1.807) is 19.1 Å². The first-order valence-electron chi connectivity index (χ1n) is 7.58. The van der Waals surface area contributed by atoms with Crippen LogP contribution in [0.3, 0.4) is 0 Å². The number of anilines is 2. The maximum Gasteiger partial charge on any atom is 0.336 e. The number of nitrogens with one attached hydrogen (secondary N) is 1. The monoisotopic (exact) mass is 325 g/mol. The van der Waals surface area contributed by atoms with Crippen molar-refractivity contribution in [2.24, 2.45) is 0 Å². The Morgan fingerprint density at radius 1 is 1.00 bits per heavy atom. The maximum atomic E-state index is 11.6. The Labute approximate surface area is 140 Å². The van der Waals surface area contributed by atoms with Crippen molar-refractivity contribution >= 4 is 23.3 Å². The molecular formula is C19H19NO4. The summed E-state index contributed by atoms with van der Waals surface area (Å²) in [6, 6.07) is 14.9. The molecule has 5 heteroatoms. The summed E-state index contributed by atoms with van der Waals surface area (Å²) in [7, 11) is 0. The summed E-state index contributed by atoms with van der Waals surface area (Å²) in [6.45, 7) is 3.97. The molecule has 0 aliphatic heterocycles. The fourth-order valence-electron chi connectivity index (χ4n) is 1.95. The summed E-state index contributed by atoms with van der Waals surface area (Å²) < 4.78 is 9.79. The minimum atomic E-state index is -0.636. The molecule has 0 aliphatic carbocycles. The lowest BCUT2D eigenvalue weighted by molar-refractivity contribution is -0.138. The second-order valence-corrected chi connectivity index (χ2v) is 4.97. The summed E-state index contributed by atoms with van der Waals surface area (Å²) in [6.07, 6.45) is 2.08. The Morgan fingerprint density at radius 3 is 2.33 bits per heavy atom. The van der Waals surface area contributed by atoms with Gasteiger partial charge in [0.25, 0.3) is 0 Å². The molecule has 0 spiro atoms. The molecular weight excluding hydrogens is 306 g/mol. The van der Waals surface area contributed by atoms with E-state index in [4.69, 9.17) is 4.74 Å². The highest BCUT2D eigenvalue weighted by atomic mass is 16.5. The minimum Gasteiger partial charge on any atom is -0.463 e. The van der Waals surface area contributed by atoms with Crippen LogP contribution in [0.15, 0.2) is 60.7 Å². The second-order valence-electron chi connectivity index (χ2n) is 4.97. The lowest BCUT2D eigenvalue weighted by atomic mass is 10.2. The van der Waals surface area contributed by atoms with Crippen LogP contribution in [0.2, 0.25) is 0 Å². The molecule has 0 aromatic heterocycles. The summed E-state index contributed by atoms with van der Waals surface area (Å²) in [5, 5.41) is 3.29. The first kappa shape index (κ1) is 17.3. The zero-order valence-corrected chi connectivity index (χ0v) is 13.6. The molecule has 2 aromatic rings. The van der Waals surface area contributed by atoms with E-state index < -0.39 is 11.9 Å². The van der Waals surface area contributed by atoms with E-state index in [1.165, 1.54) is 0 Å². The van der Waals surface area contributed by atoms with Crippen molar-refractivity contribution in [3.63, 3.8) is 0 Å². The summed E-state index contributed by atoms with van der Waals surface area (Å²) in [5.41, 5.74) is 3.03. The molecule has 0 amide bonds. The Kier molecular flexibility index (Phi) is 6.14. The average molecular weight is 325 g/mol. The van der Waals surface area contributed by atoms with Gasteiger partial charge in [0.1, 0.15) is 5.75 Å². The lowest BCUT2D eigenvalue weighted by Gasteiger charge is -2.09. The van der Waals surface area contributed by atoms with Gasteiger partial charge in [0.05, 0.1) is 6.61 Å². The van der Waals surface area contributed by atoms with Crippen molar-refractivity contribution in [1.82, 2.24) is 0 Å². The van der Waals surface area contributed by atoms with Crippen LogP contribution in [0, 0.1) is 6.92 Å². The van der Waals surface area contributed by atoms with Crippen LogP contribution < -0.4 is 10.1 Å². The highest BCUT2D eigenvalue weighted by Crippen LogP contribution is 2.22. The fourth-order valence-corrected chi connectivity index (χ4v) is 1.95. The third-order valence-electron chi connectivity index (χ3n) is 3.14. The molecule has 1 N–H and O–H groups in total. The Balaban J connectivity index is 1.93. The van der Waals surface area contributed by atoms with E-state index >= 15 is 0 Å². The van der Waals surface area contributed by atoms with Crippen LogP contribution in [-0.2, 0) is 14.3 Å². The predicted molar refractivity (Wildman–Crippen MR) is 92.3 cm³/mol. The van der Waals surface area contributed by atoms with Crippen molar-refractivity contribution in [1.29, 1.82) is 0 Å². The number of ether oxygens (including phenoxy) is 2. The molecule has 0 atom stereocenters. The highest BCUT2D eigenvalue weighted by molar-refractivity contribution is 5.92. The van der Waals surface area contributed by atoms with Crippen LogP contribution in [0.25, 0.3) is 0 Å². The Hall–Kier alpha value is -3.08. The van der Waals surface area contributed by atoms with Gasteiger partial charge in [-0.05, 0) is 49.7 Å². The number of para-hydroxylation sites is 1. The molecule has 0 radical (unpaired) electrons. The number of hydrogen-bond donors (Lipinski definition) is 1. The van der Waals surface area contributed by atoms with Crippen LogP contribution in [0.5, 0.6) is 5.75 Å². The smallest absolute Gasteiger partial charge is 0.336 e. The van der Waals surface area contributed by atoms with Crippen LogP contribution in [0.4, 0.5) is 11.4 Å². The number of rotatable bonds is 6. The molecule has 0 aliphatic rings. The lowest BCUT2D eigenvalue weighted by Crippen LogP contribution is -2.06. The number of aryl methyl sites for hydroxylation is 1. The van der Waals surface area contributed by atoms with Gasteiger partial charge in [-0.2, -0.15) is 0 Å². The van der Waals surface area contributed by atoms with E-state index in [9.17, 15) is 9.59 Å². The number of hydrogen-bond acceptors (Lipinski definition) is 5. The summed E-state index contributed by atoms with van der Waals surface area (Å²) >= 11 is 0. The summed E-state index contributed by atoms with van der Waals surface area (Å²) in [5.74, 6) is -0.821. The molecule has 5 nitrogen and oxygen atoms in total. The number of carbonyl (C=O) groups excluding carboxylic acids is 2. The van der Waals surface area contributed by atoms with Crippen LogP contribution in [0.1, 0.15) is 12.5 Å². The van der Waals surface area contributed by atoms with Gasteiger partial charge in [0.15, 0.2) is 0 Å². The zero-order chi connectivity index (χ0) is 17.4. The van der Waals surface area contributed by atoms with Crippen molar-refractivity contribution in [2.75, 3.05) is 11.9 Å². The topological polar surface area (TPSA) is 64.6 Å². The molecule has 0 fully saturated rings. The molecule has 0 bridgehead atoms. The average Bonchev–Trinajstić information content (AvgIpc) is 2.57. The third-order valence-corrected chi connectivity index (χ3v) is 3.14. The third kappa shape index (κ3) is 5.28. The SMILES string of the molecule is CCOC(=O)/C=C\C(=O)Oc1ccc(Nc2ccccc2C)cc1. The van der Waals surface area contributed by atoms with E-state index in [0.717, 1.165) is 29.1 Å². The van der Waals surface area contributed by atoms with E-state index in [1.807, 2.05) is 43.3 Å². The van der Waals surface area contributed by atoms with Gasteiger partial charge in [0.2, 0.25) is 0 Å². The largest absolute Gasteiger partial charge is 0.463 e. The minimum absolute atomic E-state index is 0.258. The van der Waals surface area contributed by atoms with Gasteiger partial charge in [0, 0.05) is 23.5 Å². The molecule has 124 valence electrons. The molecule has 24 heavy (non-hydrogen) atoms. The van der Waals surface area contributed by atoms with Crippen LogP contribution >= 0.6 is 0 Å². The van der Waals surface area contributed by atoms with Gasteiger partial charge in [-0.15, -0.1) is 0 Å². The van der Waals surface area contributed by atoms with E-state index in [-0.39, 0.29) is 6.61 Å². The van der Waals surface area contributed by atoms with Crippen LogP contribution in [-0.4, -0.2) is 18.5 Å². The first-order chi connectivity index (χ1) is 11.6. The van der Waals surface area contributed by atoms with E-state index in [2.05, 4.69) is 10.1 Å². The van der Waals surface area contributed by atoms with Crippen molar-refractivity contribution < 1.29 is 19.1 Å². The normalized spacial score (nSPS) is 10.4. The molecule has 0 saturated carbocycles. The second kappa shape index (κ2) is 8.53. The fraction of sp³-hybridized carbons (Fsp3) is 0.158. The van der Waals surface area contributed by atoms with Gasteiger partial charge in [-0.25, -0.2) is 9.59 Å². The van der Waals surface area contributed by atoms with Crippen molar-refractivity contribution in [3.05, 3.63) is 66.2 Å². The van der Waals surface area contributed by atoms with Gasteiger partial charge in [-0.1, -0.05) is 18.2 Å². The van der Waals surface area contributed by atoms with Gasteiger partial charge >= 0.3 is 11.9 Å². The number of esters is 2. The van der Waals surface area contributed by atoms with Gasteiger partial charge < -0.3 is 14.8 Å². The molecule has 2 aromatic carbocycles. The standard InChI is InChI=1S/C19H19NO4/c1-3-23-18(21)12-13-19(22)24-16-10-8-15(9-11-16)20-17-7-5-4-6-14(17)2/h4-13,20H,3H2,1-2H3/b13-12-. The van der Waals surface area contributed by atoms with Crippen molar-refractivity contribution in [2.45, 2.75) is 13.8 Å². The Morgan fingerprint density at radius 2 is 1.67 bits per heavy atom.